The highest BCUT2D eigenvalue weighted by atomic mass is 35.5. The van der Waals surface area contributed by atoms with Gasteiger partial charge in [0.25, 0.3) is 0 Å². The molecule has 0 spiro atoms. The van der Waals surface area contributed by atoms with Crippen LogP contribution in [0.4, 0.5) is 5.69 Å². The molecule has 14 heavy (non-hydrogen) atoms. The molecule has 1 unspecified atom stereocenters. The maximum atomic E-state index is 10.8. The van der Waals surface area contributed by atoms with Crippen molar-refractivity contribution in [3.05, 3.63) is 28.2 Å². The van der Waals surface area contributed by atoms with Gasteiger partial charge in [-0.3, -0.25) is 4.79 Å². The molecular formula is C9H10Cl2N2O. The molecule has 0 aromatic heterocycles. The number of nitrogens with two attached hydrogens (primary N) is 1. The number of nitrogens with one attached hydrogen (secondary N) is 1. The summed E-state index contributed by atoms with van der Waals surface area (Å²) in [5.74, 6) is -0.457. The normalized spacial score (nSPS) is 12.2. The van der Waals surface area contributed by atoms with Gasteiger partial charge in [0.05, 0.1) is 15.7 Å². The SMILES string of the molecule is CC(Nc1c(Cl)cccc1Cl)C(N)=O. The van der Waals surface area contributed by atoms with Crippen molar-refractivity contribution in [1.82, 2.24) is 0 Å². The number of benzene rings is 1. The van der Waals surface area contributed by atoms with Crippen LogP contribution in [0.2, 0.25) is 10.0 Å². The number of carbonyl (C=O) groups excluding carboxylic acids is 1. The first-order chi connectivity index (χ1) is 6.52. The number of carbonyl (C=O) groups is 1. The van der Waals surface area contributed by atoms with Crippen LogP contribution < -0.4 is 11.1 Å². The highest BCUT2D eigenvalue weighted by molar-refractivity contribution is 6.39. The van der Waals surface area contributed by atoms with Crippen molar-refractivity contribution in [2.75, 3.05) is 5.32 Å². The van der Waals surface area contributed by atoms with Crippen LogP contribution in [0.5, 0.6) is 0 Å². The van der Waals surface area contributed by atoms with Crippen LogP contribution in [0.1, 0.15) is 6.92 Å². The lowest BCUT2D eigenvalue weighted by molar-refractivity contribution is -0.118. The molecule has 1 aromatic rings. The molecule has 1 amide bonds. The topological polar surface area (TPSA) is 55.1 Å². The second kappa shape index (κ2) is 4.53. The van der Waals surface area contributed by atoms with Crippen molar-refractivity contribution in [1.29, 1.82) is 0 Å². The molecule has 0 saturated heterocycles. The Balaban J connectivity index is 2.91. The summed E-state index contributed by atoms with van der Waals surface area (Å²) in [6.45, 7) is 1.64. The molecule has 0 fully saturated rings. The summed E-state index contributed by atoms with van der Waals surface area (Å²) in [5.41, 5.74) is 5.63. The predicted molar refractivity (Wildman–Crippen MR) is 58.7 cm³/mol. The third-order valence-electron chi connectivity index (χ3n) is 1.75. The van der Waals surface area contributed by atoms with Crippen molar-refractivity contribution in [2.45, 2.75) is 13.0 Å². The molecule has 0 aliphatic rings. The van der Waals surface area contributed by atoms with E-state index in [0.717, 1.165) is 0 Å². The average Bonchev–Trinajstić information content (AvgIpc) is 2.11. The molecular weight excluding hydrogens is 223 g/mol. The first kappa shape index (κ1) is 11.1. The summed E-state index contributed by atoms with van der Waals surface area (Å²) >= 11 is 11.8. The van der Waals surface area contributed by atoms with Gasteiger partial charge >= 0.3 is 0 Å². The van der Waals surface area contributed by atoms with Crippen molar-refractivity contribution >= 4 is 34.8 Å². The van der Waals surface area contributed by atoms with Crippen LogP contribution >= 0.6 is 23.2 Å². The van der Waals surface area contributed by atoms with Gasteiger partial charge in [-0.2, -0.15) is 0 Å². The van der Waals surface area contributed by atoms with Crippen LogP contribution in [-0.4, -0.2) is 11.9 Å². The second-order valence-electron chi connectivity index (χ2n) is 2.87. The number of rotatable bonds is 3. The summed E-state index contributed by atoms with van der Waals surface area (Å²) in [4.78, 5) is 10.8. The third-order valence-corrected chi connectivity index (χ3v) is 2.38. The summed E-state index contributed by atoms with van der Waals surface area (Å²) < 4.78 is 0. The van der Waals surface area contributed by atoms with Crippen molar-refractivity contribution in [3.8, 4) is 0 Å². The molecule has 0 aliphatic heterocycles. The highest BCUT2D eigenvalue weighted by Gasteiger charge is 2.12. The Morgan fingerprint density at radius 3 is 2.36 bits per heavy atom. The van der Waals surface area contributed by atoms with Crippen molar-refractivity contribution in [3.63, 3.8) is 0 Å². The van der Waals surface area contributed by atoms with Crippen LogP contribution in [0.25, 0.3) is 0 Å². The Kier molecular flexibility index (Phi) is 3.61. The number of amides is 1. The first-order valence-electron chi connectivity index (χ1n) is 4.02. The van der Waals surface area contributed by atoms with Gasteiger partial charge in [-0.15, -0.1) is 0 Å². The maximum Gasteiger partial charge on any atom is 0.239 e. The largest absolute Gasteiger partial charge is 0.371 e. The molecule has 0 aliphatic carbocycles. The number of anilines is 1. The molecule has 5 heteroatoms. The Bertz CT molecular complexity index is 334. The zero-order valence-corrected chi connectivity index (χ0v) is 9.06. The van der Waals surface area contributed by atoms with E-state index in [9.17, 15) is 4.79 Å². The van der Waals surface area contributed by atoms with E-state index in [0.29, 0.717) is 15.7 Å². The molecule has 3 nitrogen and oxygen atoms in total. The van der Waals surface area contributed by atoms with E-state index in [1.54, 1.807) is 25.1 Å². The quantitative estimate of drug-likeness (QED) is 0.841. The van der Waals surface area contributed by atoms with E-state index in [-0.39, 0.29) is 0 Å². The fourth-order valence-corrected chi connectivity index (χ4v) is 1.43. The Morgan fingerprint density at radius 2 is 1.93 bits per heavy atom. The fourth-order valence-electron chi connectivity index (χ4n) is 0.923. The van der Waals surface area contributed by atoms with Gasteiger partial charge in [0, 0.05) is 0 Å². The van der Waals surface area contributed by atoms with Crippen LogP contribution in [0, 0.1) is 0 Å². The lowest BCUT2D eigenvalue weighted by Gasteiger charge is -2.14. The van der Waals surface area contributed by atoms with Crippen molar-refractivity contribution in [2.24, 2.45) is 5.73 Å². The zero-order valence-electron chi connectivity index (χ0n) is 7.55. The molecule has 76 valence electrons. The summed E-state index contributed by atoms with van der Waals surface area (Å²) in [6, 6.07) is 4.59. The van der Waals surface area contributed by atoms with Crippen LogP contribution in [0.3, 0.4) is 0 Å². The molecule has 0 saturated carbocycles. The first-order valence-corrected chi connectivity index (χ1v) is 4.78. The highest BCUT2D eigenvalue weighted by Crippen LogP contribution is 2.30. The molecule has 1 aromatic carbocycles. The summed E-state index contributed by atoms with van der Waals surface area (Å²) in [7, 11) is 0. The van der Waals surface area contributed by atoms with E-state index in [4.69, 9.17) is 28.9 Å². The van der Waals surface area contributed by atoms with Crippen LogP contribution in [0.15, 0.2) is 18.2 Å². The average molecular weight is 233 g/mol. The minimum absolute atomic E-state index is 0.457. The van der Waals surface area contributed by atoms with Crippen LogP contribution in [-0.2, 0) is 4.79 Å². The maximum absolute atomic E-state index is 10.8. The Morgan fingerprint density at radius 1 is 1.43 bits per heavy atom. The van der Waals surface area contributed by atoms with Gasteiger partial charge in [0.15, 0.2) is 0 Å². The lowest BCUT2D eigenvalue weighted by Crippen LogP contribution is -2.32. The molecule has 1 rings (SSSR count). The van der Waals surface area contributed by atoms with E-state index in [2.05, 4.69) is 5.32 Å². The van der Waals surface area contributed by atoms with Gasteiger partial charge in [-0.05, 0) is 19.1 Å². The monoisotopic (exact) mass is 232 g/mol. The standard InChI is InChI=1S/C9H10Cl2N2O/c1-5(9(12)14)13-8-6(10)3-2-4-7(8)11/h2-5,13H,1H3,(H2,12,14). The predicted octanol–water partition coefficient (Wildman–Crippen LogP) is 2.28. The number of hydrogen-bond acceptors (Lipinski definition) is 2. The second-order valence-corrected chi connectivity index (χ2v) is 3.68. The van der Waals surface area contributed by atoms with Gasteiger partial charge < -0.3 is 11.1 Å². The van der Waals surface area contributed by atoms with Gasteiger partial charge in [0.2, 0.25) is 5.91 Å². The number of hydrogen-bond donors (Lipinski definition) is 2. The fraction of sp³-hybridized carbons (Fsp3) is 0.222. The number of primary amides is 1. The van der Waals surface area contributed by atoms with E-state index < -0.39 is 11.9 Å². The summed E-state index contributed by atoms with van der Waals surface area (Å²) in [5, 5.41) is 3.77. The molecule has 3 N–H and O–H groups in total. The molecule has 0 radical (unpaired) electrons. The van der Waals surface area contributed by atoms with Gasteiger partial charge in [-0.1, -0.05) is 29.3 Å². The zero-order chi connectivity index (χ0) is 10.7. The molecule has 0 bridgehead atoms. The lowest BCUT2D eigenvalue weighted by atomic mass is 10.2. The minimum Gasteiger partial charge on any atom is -0.371 e. The Hall–Kier alpha value is -0.930. The number of para-hydroxylation sites is 1. The van der Waals surface area contributed by atoms with Crippen molar-refractivity contribution < 1.29 is 4.79 Å². The molecule has 1 atom stereocenters. The van der Waals surface area contributed by atoms with E-state index in [1.807, 2.05) is 0 Å². The summed E-state index contributed by atoms with van der Waals surface area (Å²) in [6.07, 6.45) is 0. The minimum atomic E-state index is -0.507. The smallest absolute Gasteiger partial charge is 0.239 e. The number of halogens is 2. The van der Waals surface area contributed by atoms with E-state index in [1.165, 1.54) is 0 Å². The Labute approximate surface area is 92.2 Å². The third kappa shape index (κ3) is 2.53. The molecule has 0 heterocycles. The van der Waals surface area contributed by atoms with Gasteiger partial charge in [-0.25, -0.2) is 0 Å². The van der Waals surface area contributed by atoms with E-state index >= 15 is 0 Å². The van der Waals surface area contributed by atoms with Gasteiger partial charge in [0.1, 0.15) is 6.04 Å².